The SMILES string of the molecule is CN1CCC[C@H](CN(CCc2ccccc2)C(=O)c2cnoc2-c2ccccc2)C1. The van der Waals surface area contributed by atoms with E-state index in [1.54, 1.807) is 6.20 Å². The number of aromatic nitrogens is 1. The molecule has 1 aliphatic rings. The minimum atomic E-state index is -0.000685. The third-order valence-electron chi connectivity index (χ3n) is 5.84. The number of benzene rings is 2. The van der Waals surface area contributed by atoms with E-state index in [1.165, 1.54) is 12.0 Å². The molecule has 0 N–H and O–H groups in total. The maximum atomic E-state index is 13.6. The Morgan fingerprint density at radius 2 is 1.87 bits per heavy atom. The molecule has 3 aromatic rings. The Kier molecular flexibility index (Phi) is 6.60. The average molecular weight is 404 g/mol. The van der Waals surface area contributed by atoms with E-state index in [4.69, 9.17) is 4.52 Å². The molecule has 0 spiro atoms. The summed E-state index contributed by atoms with van der Waals surface area (Å²) in [5.41, 5.74) is 2.65. The summed E-state index contributed by atoms with van der Waals surface area (Å²) in [6, 6.07) is 20.1. The van der Waals surface area contributed by atoms with Crippen molar-refractivity contribution in [2.75, 3.05) is 33.2 Å². The van der Waals surface area contributed by atoms with Crippen molar-refractivity contribution < 1.29 is 9.32 Å². The van der Waals surface area contributed by atoms with E-state index in [2.05, 4.69) is 29.2 Å². The standard InChI is InChI=1S/C25H29N3O2/c1-27-15-8-11-21(18-27)19-28(16-14-20-9-4-2-5-10-20)25(29)23-17-26-30-24(23)22-12-6-3-7-13-22/h2-7,9-10,12-13,17,21H,8,11,14-16,18-19H2,1H3/t21-/m0/s1. The van der Waals surface area contributed by atoms with Crippen molar-refractivity contribution in [1.29, 1.82) is 0 Å². The smallest absolute Gasteiger partial charge is 0.259 e. The molecular weight excluding hydrogens is 374 g/mol. The van der Waals surface area contributed by atoms with Crippen LogP contribution < -0.4 is 0 Å². The fourth-order valence-corrected chi connectivity index (χ4v) is 4.28. The van der Waals surface area contributed by atoms with Gasteiger partial charge in [-0.05, 0) is 44.3 Å². The lowest BCUT2D eigenvalue weighted by molar-refractivity contribution is 0.0693. The molecule has 4 rings (SSSR count). The number of likely N-dealkylation sites (tertiary alicyclic amines) is 1. The van der Waals surface area contributed by atoms with Crippen molar-refractivity contribution >= 4 is 5.91 Å². The van der Waals surface area contributed by atoms with Crippen LogP contribution in [0.4, 0.5) is 0 Å². The molecule has 1 atom stereocenters. The van der Waals surface area contributed by atoms with Crippen LogP contribution in [0.3, 0.4) is 0 Å². The zero-order valence-electron chi connectivity index (χ0n) is 17.5. The Morgan fingerprint density at radius 3 is 2.60 bits per heavy atom. The molecule has 0 bridgehead atoms. The molecule has 0 radical (unpaired) electrons. The van der Waals surface area contributed by atoms with Gasteiger partial charge in [-0.25, -0.2) is 0 Å². The highest BCUT2D eigenvalue weighted by Crippen LogP contribution is 2.26. The Balaban J connectivity index is 1.55. The highest BCUT2D eigenvalue weighted by atomic mass is 16.5. The van der Waals surface area contributed by atoms with Crippen molar-refractivity contribution in [1.82, 2.24) is 15.0 Å². The maximum Gasteiger partial charge on any atom is 0.259 e. The van der Waals surface area contributed by atoms with Gasteiger partial charge in [0.2, 0.25) is 0 Å². The summed E-state index contributed by atoms with van der Waals surface area (Å²) < 4.78 is 5.49. The summed E-state index contributed by atoms with van der Waals surface area (Å²) in [5.74, 6) is 1.04. The van der Waals surface area contributed by atoms with Crippen LogP contribution in [0, 0.1) is 5.92 Å². The van der Waals surface area contributed by atoms with E-state index in [0.29, 0.717) is 23.8 Å². The predicted molar refractivity (Wildman–Crippen MR) is 118 cm³/mol. The van der Waals surface area contributed by atoms with Gasteiger partial charge in [0.25, 0.3) is 5.91 Å². The predicted octanol–water partition coefficient (Wildman–Crippen LogP) is 4.37. The van der Waals surface area contributed by atoms with Crippen LogP contribution in [-0.2, 0) is 6.42 Å². The molecular formula is C25H29N3O2. The molecule has 5 heteroatoms. The summed E-state index contributed by atoms with van der Waals surface area (Å²) in [5, 5.41) is 3.95. The van der Waals surface area contributed by atoms with E-state index in [1.807, 2.05) is 53.4 Å². The average Bonchev–Trinajstić information content (AvgIpc) is 3.27. The number of hydrogen-bond donors (Lipinski definition) is 0. The number of nitrogens with zero attached hydrogens (tertiary/aromatic N) is 3. The van der Waals surface area contributed by atoms with Crippen LogP contribution in [0.5, 0.6) is 0 Å². The number of carbonyl (C=O) groups is 1. The van der Waals surface area contributed by atoms with Gasteiger partial charge in [0.05, 0.1) is 6.20 Å². The third-order valence-corrected chi connectivity index (χ3v) is 5.84. The second-order valence-electron chi connectivity index (χ2n) is 8.19. The molecule has 1 fully saturated rings. The first kappa shape index (κ1) is 20.4. The van der Waals surface area contributed by atoms with Crippen molar-refractivity contribution in [3.05, 3.63) is 78.0 Å². The number of piperidine rings is 1. The lowest BCUT2D eigenvalue weighted by atomic mass is 9.97. The third kappa shape index (κ3) is 4.97. The molecule has 2 heterocycles. The zero-order valence-corrected chi connectivity index (χ0v) is 17.5. The fourth-order valence-electron chi connectivity index (χ4n) is 4.28. The van der Waals surface area contributed by atoms with Crippen LogP contribution in [0.1, 0.15) is 28.8 Å². The second-order valence-corrected chi connectivity index (χ2v) is 8.19. The summed E-state index contributed by atoms with van der Waals surface area (Å²) in [7, 11) is 2.16. The molecule has 1 aromatic heterocycles. The van der Waals surface area contributed by atoms with E-state index < -0.39 is 0 Å². The van der Waals surface area contributed by atoms with Crippen LogP contribution >= 0.6 is 0 Å². The van der Waals surface area contributed by atoms with Gasteiger partial charge in [-0.15, -0.1) is 0 Å². The number of carbonyl (C=O) groups excluding carboxylic acids is 1. The fraction of sp³-hybridized carbons (Fsp3) is 0.360. The summed E-state index contributed by atoms with van der Waals surface area (Å²) in [6.45, 7) is 3.61. The zero-order chi connectivity index (χ0) is 20.8. The lowest BCUT2D eigenvalue weighted by Crippen LogP contribution is -2.42. The van der Waals surface area contributed by atoms with Gasteiger partial charge in [0, 0.05) is 25.2 Å². The van der Waals surface area contributed by atoms with Gasteiger partial charge in [-0.2, -0.15) is 0 Å². The Morgan fingerprint density at radius 1 is 1.13 bits per heavy atom. The molecule has 2 aromatic carbocycles. The highest BCUT2D eigenvalue weighted by molar-refractivity contribution is 5.99. The summed E-state index contributed by atoms with van der Waals surface area (Å²) >= 11 is 0. The first-order valence-corrected chi connectivity index (χ1v) is 10.7. The normalized spacial score (nSPS) is 17.0. The second kappa shape index (κ2) is 9.72. The Bertz CT molecular complexity index is 939. The Hall–Kier alpha value is -2.92. The van der Waals surface area contributed by atoms with Gasteiger partial charge in [0.1, 0.15) is 5.56 Å². The number of hydrogen-bond acceptors (Lipinski definition) is 4. The van der Waals surface area contributed by atoms with Gasteiger partial charge < -0.3 is 14.3 Å². The molecule has 1 amide bonds. The topological polar surface area (TPSA) is 49.6 Å². The van der Waals surface area contributed by atoms with Crippen molar-refractivity contribution in [3.63, 3.8) is 0 Å². The van der Waals surface area contributed by atoms with Crippen LogP contribution in [0.25, 0.3) is 11.3 Å². The van der Waals surface area contributed by atoms with E-state index >= 15 is 0 Å². The summed E-state index contributed by atoms with van der Waals surface area (Å²) in [4.78, 5) is 17.9. The molecule has 30 heavy (non-hydrogen) atoms. The molecule has 1 aliphatic heterocycles. The largest absolute Gasteiger partial charge is 0.355 e. The molecule has 5 nitrogen and oxygen atoms in total. The van der Waals surface area contributed by atoms with E-state index in [9.17, 15) is 4.79 Å². The lowest BCUT2D eigenvalue weighted by Gasteiger charge is -2.34. The summed E-state index contributed by atoms with van der Waals surface area (Å²) in [6.07, 6.45) is 4.74. The van der Waals surface area contributed by atoms with Crippen LogP contribution in [0.2, 0.25) is 0 Å². The molecule has 156 valence electrons. The molecule has 0 saturated carbocycles. The highest BCUT2D eigenvalue weighted by Gasteiger charge is 2.27. The van der Waals surface area contributed by atoms with Crippen molar-refractivity contribution in [2.45, 2.75) is 19.3 Å². The molecule has 1 saturated heterocycles. The maximum absolute atomic E-state index is 13.6. The minimum absolute atomic E-state index is 0.000685. The quantitative estimate of drug-likeness (QED) is 0.588. The first-order chi connectivity index (χ1) is 14.7. The molecule has 0 unspecified atom stereocenters. The van der Waals surface area contributed by atoms with Crippen molar-refractivity contribution in [2.24, 2.45) is 5.92 Å². The first-order valence-electron chi connectivity index (χ1n) is 10.7. The molecule has 0 aliphatic carbocycles. The van der Waals surface area contributed by atoms with Gasteiger partial charge >= 0.3 is 0 Å². The number of amides is 1. The van der Waals surface area contributed by atoms with Gasteiger partial charge in [-0.3, -0.25) is 4.79 Å². The van der Waals surface area contributed by atoms with Crippen LogP contribution in [0.15, 0.2) is 71.4 Å². The number of rotatable bonds is 7. The Labute approximate surface area is 178 Å². The van der Waals surface area contributed by atoms with E-state index in [-0.39, 0.29) is 5.91 Å². The monoisotopic (exact) mass is 403 g/mol. The van der Waals surface area contributed by atoms with Crippen LogP contribution in [-0.4, -0.2) is 54.1 Å². The van der Waals surface area contributed by atoms with E-state index in [0.717, 1.165) is 38.0 Å². The van der Waals surface area contributed by atoms with Crippen molar-refractivity contribution in [3.8, 4) is 11.3 Å². The van der Waals surface area contributed by atoms with Gasteiger partial charge in [-0.1, -0.05) is 65.8 Å². The minimum Gasteiger partial charge on any atom is -0.355 e. The van der Waals surface area contributed by atoms with Gasteiger partial charge in [0.15, 0.2) is 5.76 Å².